The van der Waals surface area contributed by atoms with Gasteiger partial charge in [0.1, 0.15) is 0 Å². The summed E-state index contributed by atoms with van der Waals surface area (Å²) in [6, 6.07) is 0. The maximum absolute atomic E-state index is 5.48. The fraction of sp³-hybridized carbons (Fsp3) is 0.818. The van der Waals surface area contributed by atoms with Crippen molar-refractivity contribution in [2.24, 2.45) is 0 Å². The van der Waals surface area contributed by atoms with Gasteiger partial charge in [0.05, 0.1) is 13.2 Å². The first-order chi connectivity index (χ1) is 6.85. The first-order valence-electron chi connectivity index (χ1n) is 5.35. The maximum atomic E-state index is 5.48. The second kappa shape index (κ2) is 11.0. The minimum Gasteiger partial charge on any atom is -0.349 e. The van der Waals surface area contributed by atoms with Gasteiger partial charge in [-0.3, -0.25) is 0 Å². The molecule has 2 nitrogen and oxygen atoms in total. The van der Waals surface area contributed by atoms with Crippen molar-refractivity contribution in [2.45, 2.75) is 45.8 Å². The highest BCUT2D eigenvalue weighted by Gasteiger charge is 2.03. The van der Waals surface area contributed by atoms with Crippen LogP contribution in [0.25, 0.3) is 0 Å². The number of hydrogen-bond acceptors (Lipinski definition) is 2. The normalized spacial score (nSPS) is 11.7. The van der Waals surface area contributed by atoms with Crippen LogP contribution >= 0.6 is 11.6 Å². The maximum Gasteiger partial charge on any atom is 0.177 e. The Morgan fingerprint density at radius 3 is 1.93 bits per heavy atom. The van der Waals surface area contributed by atoms with E-state index in [4.69, 9.17) is 21.1 Å². The summed E-state index contributed by atoms with van der Waals surface area (Å²) < 4.78 is 11.0. The monoisotopic (exact) mass is 220 g/mol. The lowest BCUT2D eigenvalue weighted by Crippen LogP contribution is -2.15. The van der Waals surface area contributed by atoms with E-state index in [-0.39, 0.29) is 6.29 Å². The van der Waals surface area contributed by atoms with Crippen LogP contribution in [0.5, 0.6) is 0 Å². The van der Waals surface area contributed by atoms with Gasteiger partial charge in [-0.2, -0.15) is 0 Å². The third-order valence-electron chi connectivity index (χ3n) is 1.79. The summed E-state index contributed by atoms with van der Waals surface area (Å²) in [6.07, 6.45) is 5.84. The Hall–Kier alpha value is -0.0500. The lowest BCUT2D eigenvalue weighted by atomic mass is 10.3. The quantitative estimate of drug-likeness (QED) is 0.436. The van der Waals surface area contributed by atoms with Crippen molar-refractivity contribution in [1.29, 1.82) is 0 Å². The summed E-state index contributed by atoms with van der Waals surface area (Å²) in [4.78, 5) is 0. The highest BCUT2D eigenvalue weighted by atomic mass is 35.5. The molecule has 0 heterocycles. The van der Waals surface area contributed by atoms with Crippen molar-refractivity contribution in [1.82, 2.24) is 0 Å². The Bertz CT molecular complexity index is 127. The van der Waals surface area contributed by atoms with Crippen molar-refractivity contribution >= 4 is 11.6 Å². The third-order valence-corrected chi connectivity index (χ3v) is 1.94. The molecule has 0 saturated heterocycles. The van der Waals surface area contributed by atoms with Crippen LogP contribution in [0, 0.1) is 0 Å². The Morgan fingerprint density at radius 1 is 1.07 bits per heavy atom. The summed E-state index contributed by atoms with van der Waals surface area (Å²) in [6.45, 7) is 5.73. The van der Waals surface area contributed by atoms with Crippen LogP contribution in [0.1, 0.15) is 39.5 Å². The molecule has 0 N–H and O–H groups in total. The Labute approximate surface area is 92.2 Å². The molecule has 84 valence electrons. The molecule has 0 aromatic rings. The first-order valence-corrected chi connectivity index (χ1v) is 5.78. The van der Waals surface area contributed by atoms with Crippen LogP contribution in [0.4, 0.5) is 0 Å². The number of unbranched alkanes of at least 4 members (excludes halogenated alkanes) is 2. The largest absolute Gasteiger partial charge is 0.349 e. The second-order valence-electron chi connectivity index (χ2n) is 3.14. The summed E-state index contributed by atoms with van der Waals surface area (Å²) in [5, 5.41) is 0. The van der Waals surface area contributed by atoms with E-state index in [1.54, 1.807) is 6.08 Å². The fourth-order valence-corrected chi connectivity index (χ4v) is 1.03. The van der Waals surface area contributed by atoms with E-state index in [9.17, 15) is 0 Å². The molecule has 0 aliphatic heterocycles. The molecule has 14 heavy (non-hydrogen) atoms. The molecule has 0 aromatic heterocycles. The highest BCUT2D eigenvalue weighted by molar-refractivity contribution is 6.25. The number of ether oxygens (including phenoxy) is 2. The zero-order valence-electron chi connectivity index (χ0n) is 9.17. The summed E-state index contributed by atoms with van der Waals surface area (Å²) in [7, 11) is 0. The van der Waals surface area contributed by atoms with Crippen LogP contribution in [-0.4, -0.2) is 19.5 Å². The van der Waals surface area contributed by atoms with Crippen molar-refractivity contribution in [3.05, 3.63) is 11.6 Å². The van der Waals surface area contributed by atoms with Gasteiger partial charge in [-0.05, 0) is 18.9 Å². The van der Waals surface area contributed by atoms with E-state index in [1.165, 1.54) is 5.54 Å². The summed E-state index contributed by atoms with van der Waals surface area (Å²) in [5.74, 6) is 0. The highest BCUT2D eigenvalue weighted by Crippen LogP contribution is 2.02. The van der Waals surface area contributed by atoms with Gasteiger partial charge in [-0.1, -0.05) is 38.3 Å². The van der Waals surface area contributed by atoms with Crippen molar-refractivity contribution in [3.63, 3.8) is 0 Å². The Morgan fingerprint density at radius 2 is 1.57 bits per heavy atom. The van der Waals surface area contributed by atoms with Crippen LogP contribution in [0.15, 0.2) is 11.6 Å². The number of halogens is 1. The SMILES string of the molecule is CCCCOC(/C=C/Cl)OCCCC. The molecule has 0 fully saturated rings. The molecule has 0 bridgehead atoms. The average Bonchev–Trinajstić information content (AvgIpc) is 2.18. The lowest BCUT2D eigenvalue weighted by Gasteiger charge is -2.14. The molecular weight excluding hydrogens is 200 g/mol. The van der Waals surface area contributed by atoms with Gasteiger partial charge in [0.25, 0.3) is 0 Å². The zero-order valence-corrected chi connectivity index (χ0v) is 9.93. The van der Waals surface area contributed by atoms with E-state index in [1.807, 2.05) is 0 Å². The molecule has 0 spiro atoms. The van der Waals surface area contributed by atoms with Crippen LogP contribution < -0.4 is 0 Å². The molecule has 0 aromatic carbocycles. The molecule has 0 atom stereocenters. The molecule has 0 radical (unpaired) electrons. The van der Waals surface area contributed by atoms with Gasteiger partial charge >= 0.3 is 0 Å². The van der Waals surface area contributed by atoms with Crippen molar-refractivity contribution < 1.29 is 9.47 Å². The minimum atomic E-state index is -0.273. The number of hydrogen-bond donors (Lipinski definition) is 0. The molecule has 0 amide bonds. The van der Waals surface area contributed by atoms with E-state index in [2.05, 4.69) is 13.8 Å². The molecule has 0 aliphatic carbocycles. The summed E-state index contributed by atoms with van der Waals surface area (Å²) >= 11 is 5.48. The van der Waals surface area contributed by atoms with E-state index in [0.717, 1.165) is 38.9 Å². The molecule has 0 rings (SSSR count). The summed E-state index contributed by atoms with van der Waals surface area (Å²) in [5.41, 5.74) is 1.45. The van der Waals surface area contributed by atoms with Crippen LogP contribution in [-0.2, 0) is 9.47 Å². The predicted octanol–water partition coefficient (Wildman–Crippen LogP) is 3.70. The van der Waals surface area contributed by atoms with Gasteiger partial charge in [-0.25, -0.2) is 0 Å². The topological polar surface area (TPSA) is 18.5 Å². The standard InChI is InChI=1S/C11H21ClO2/c1-3-5-9-13-11(7-8-12)14-10-6-4-2/h7-8,11H,3-6,9-10H2,1-2H3/b8-7+. The lowest BCUT2D eigenvalue weighted by molar-refractivity contribution is -0.112. The average molecular weight is 221 g/mol. The van der Waals surface area contributed by atoms with Crippen molar-refractivity contribution in [2.75, 3.05) is 13.2 Å². The van der Waals surface area contributed by atoms with Crippen molar-refractivity contribution in [3.8, 4) is 0 Å². The minimum absolute atomic E-state index is 0.273. The predicted molar refractivity (Wildman–Crippen MR) is 60.5 cm³/mol. The van der Waals surface area contributed by atoms with E-state index < -0.39 is 0 Å². The van der Waals surface area contributed by atoms with Crippen LogP contribution in [0.3, 0.4) is 0 Å². The zero-order chi connectivity index (χ0) is 10.6. The van der Waals surface area contributed by atoms with Gasteiger partial charge in [0.2, 0.25) is 0 Å². The van der Waals surface area contributed by atoms with Gasteiger partial charge in [-0.15, -0.1) is 0 Å². The Kier molecular flexibility index (Phi) is 11.0. The van der Waals surface area contributed by atoms with E-state index >= 15 is 0 Å². The van der Waals surface area contributed by atoms with Gasteiger partial charge in [0, 0.05) is 5.54 Å². The first kappa shape index (κ1) is 13.9. The second-order valence-corrected chi connectivity index (χ2v) is 3.39. The number of rotatable bonds is 9. The van der Waals surface area contributed by atoms with E-state index in [0.29, 0.717) is 0 Å². The fourth-order valence-electron chi connectivity index (χ4n) is 0.906. The third kappa shape index (κ3) is 8.54. The van der Waals surface area contributed by atoms with Crippen LogP contribution in [0.2, 0.25) is 0 Å². The molecule has 0 unspecified atom stereocenters. The molecule has 0 aliphatic rings. The molecular formula is C11H21ClO2. The van der Waals surface area contributed by atoms with Gasteiger partial charge in [0.15, 0.2) is 6.29 Å². The Balaban J connectivity index is 3.55. The molecule has 3 heteroatoms. The smallest absolute Gasteiger partial charge is 0.177 e. The molecule has 0 saturated carbocycles. The van der Waals surface area contributed by atoms with Gasteiger partial charge < -0.3 is 9.47 Å².